The Bertz CT molecular complexity index is 886. The molecule has 1 amide bonds. The Labute approximate surface area is 157 Å². The molecular formula is C17H19ClN2O5S. The Balaban J connectivity index is 2.10. The highest BCUT2D eigenvalue weighted by Crippen LogP contribution is 2.28. The Hall–Kier alpha value is -2.29. The van der Waals surface area contributed by atoms with Crippen LogP contribution in [0.2, 0.25) is 5.02 Å². The maximum absolute atomic E-state index is 12.2. The Kier molecular flexibility index (Phi) is 6.84. The number of amides is 1. The molecule has 140 valence electrons. The summed E-state index contributed by atoms with van der Waals surface area (Å²) < 4.78 is 35.1. The number of carbonyl (C=O) groups excluding carboxylic acids is 1. The van der Waals surface area contributed by atoms with Crippen LogP contribution < -0.4 is 19.7 Å². The van der Waals surface area contributed by atoms with E-state index in [0.29, 0.717) is 18.1 Å². The third-order valence-electron chi connectivity index (χ3n) is 3.29. The van der Waals surface area contributed by atoms with Gasteiger partial charge in [-0.1, -0.05) is 24.6 Å². The second-order valence-electron chi connectivity index (χ2n) is 5.23. The number of sulfonamides is 1. The largest absolute Gasteiger partial charge is 0.493 e. The summed E-state index contributed by atoms with van der Waals surface area (Å²) in [6.07, 6.45) is 0.830. The smallest absolute Gasteiger partial charge is 0.266 e. The van der Waals surface area contributed by atoms with Gasteiger partial charge in [-0.2, -0.15) is 0 Å². The van der Waals surface area contributed by atoms with Gasteiger partial charge < -0.3 is 9.47 Å². The monoisotopic (exact) mass is 398 g/mol. The van der Waals surface area contributed by atoms with Gasteiger partial charge in [0.1, 0.15) is 0 Å². The summed E-state index contributed by atoms with van der Waals surface area (Å²) in [5.74, 6) is 0.241. The second-order valence-corrected chi connectivity index (χ2v) is 7.35. The maximum atomic E-state index is 12.2. The first-order valence-electron chi connectivity index (χ1n) is 7.76. The summed E-state index contributed by atoms with van der Waals surface area (Å²) in [6, 6.07) is 10.3. The topological polar surface area (TPSA) is 93.7 Å². The van der Waals surface area contributed by atoms with Crippen LogP contribution in [-0.2, 0) is 10.0 Å². The number of rotatable bonds is 8. The normalized spacial score (nSPS) is 11.0. The van der Waals surface area contributed by atoms with Gasteiger partial charge in [0.25, 0.3) is 15.9 Å². The van der Waals surface area contributed by atoms with E-state index in [1.165, 1.54) is 37.4 Å². The molecule has 0 bridgehead atoms. The number of hydrogen-bond acceptors (Lipinski definition) is 5. The highest BCUT2D eigenvalue weighted by molar-refractivity contribution is 7.89. The van der Waals surface area contributed by atoms with Crippen LogP contribution in [0, 0.1) is 0 Å². The average Bonchev–Trinajstić information content (AvgIpc) is 2.64. The lowest BCUT2D eigenvalue weighted by Gasteiger charge is -2.12. The van der Waals surface area contributed by atoms with Crippen LogP contribution in [0.4, 0.5) is 0 Å². The van der Waals surface area contributed by atoms with E-state index in [0.717, 1.165) is 6.42 Å². The Morgan fingerprint density at radius 1 is 1.15 bits per heavy atom. The molecule has 0 spiro atoms. The fraction of sp³-hybridized carbons (Fsp3) is 0.235. The van der Waals surface area contributed by atoms with E-state index in [9.17, 15) is 13.2 Å². The van der Waals surface area contributed by atoms with Gasteiger partial charge in [-0.25, -0.2) is 8.42 Å². The van der Waals surface area contributed by atoms with Gasteiger partial charge in [0.05, 0.1) is 18.6 Å². The SMILES string of the molecule is CCCOc1ccc(C(=O)NNS(=O)(=O)c2cccc(Cl)c2)cc1OC. The predicted octanol–water partition coefficient (Wildman–Crippen LogP) is 2.76. The molecule has 0 aliphatic rings. The summed E-state index contributed by atoms with van der Waals surface area (Å²) >= 11 is 5.79. The number of ether oxygens (including phenoxy) is 2. The zero-order chi connectivity index (χ0) is 19.2. The molecule has 0 saturated carbocycles. The van der Waals surface area contributed by atoms with E-state index < -0.39 is 15.9 Å². The fourth-order valence-corrected chi connectivity index (χ4v) is 3.16. The maximum Gasteiger partial charge on any atom is 0.266 e. The van der Waals surface area contributed by atoms with Crippen molar-refractivity contribution < 1.29 is 22.7 Å². The van der Waals surface area contributed by atoms with Crippen LogP contribution >= 0.6 is 11.6 Å². The van der Waals surface area contributed by atoms with Crippen molar-refractivity contribution in [3.63, 3.8) is 0 Å². The quantitative estimate of drug-likeness (QED) is 0.667. The molecule has 2 N–H and O–H groups in total. The third-order valence-corrected chi connectivity index (χ3v) is 4.77. The lowest BCUT2D eigenvalue weighted by molar-refractivity contribution is 0.0944. The lowest BCUT2D eigenvalue weighted by Crippen LogP contribution is -2.41. The molecule has 9 heteroatoms. The molecule has 2 aromatic carbocycles. The number of nitrogens with one attached hydrogen (secondary N) is 2. The number of hydrogen-bond donors (Lipinski definition) is 2. The van der Waals surface area contributed by atoms with Gasteiger partial charge in [0.2, 0.25) is 0 Å². The highest BCUT2D eigenvalue weighted by Gasteiger charge is 2.17. The van der Waals surface area contributed by atoms with E-state index in [4.69, 9.17) is 21.1 Å². The molecule has 2 aromatic rings. The summed E-state index contributed by atoms with van der Waals surface area (Å²) in [6.45, 7) is 2.49. The van der Waals surface area contributed by atoms with Crippen molar-refractivity contribution >= 4 is 27.5 Å². The molecule has 0 unspecified atom stereocenters. The molecule has 0 atom stereocenters. The van der Waals surface area contributed by atoms with Crippen LogP contribution in [0.3, 0.4) is 0 Å². The van der Waals surface area contributed by atoms with Gasteiger partial charge >= 0.3 is 0 Å². The summed E-state index contributed by atoms with van der Waals surface area (Å²) in [7, 11) is -2.49. The summed E-state index contributed by atoms with van der Waals surface area (Å²) in [5.41, 5.74) is 2.36. The van der Waals surface area contributed by atoms with Gasteiger partial charge in [0.15, 0.2) is 11.5 Å². The van der Waals surface area contributed by atoms with Crippen molar-refractivity contribution in [1.29, 1.82) is 0 Å². The highest BCUT2D eigenvalue weighted by atomic mass is 35.5. The number of hydrazine groups is 1. The minimum atomic E-state index is -3.94. The number of methoxy groups -OCH3 is 1. The molecule has 0 saturated heterocycles. The second kappa shape index (κ2) is 8.88. The van der Waals surface area contributed by atoms with Gasteiger partial charge in [-0.15, -0.1) is 4.83 Å². The van der Waals surface area contributed by atoms with Crippen molar-refractivity contribution in [3.05, 3.63) is 53.1 Å². The van der Waals surface area contributed by atoms with Gasteiger partial charge in [0, 0.05) is 10.6 Å². The van der Waals surface area contributed by atoms with Crippen LogP contribution in [0.5, 0.6) is 11.5 Å². The van der Waals surface area contributed by atoms with Crippen molar-refractivity contribution in [1.82, 2.24) is 10.3 Å². The Morgan fingerprint density at radius 3 is 2.58 bits per heavy atom. The van der Waals surface area contributed by atoms with E-state index >= 15 is 0 Å². The molecular weight excluding hydrogens is 380 g/mol. The minimum absolute atomic E-state index is 0.0637. The van der Waals surface area contributed by atoms with Gasteiger partial charge in [-0.3, -0.25) is 10.2 Å². The summed E-state index contributed by atoms with van der Waals surface area (Å²) in [4.78, 5) is 14.2. The lowest BCUT2D eigenvalue weighted by atomic mass is 10.2. The zero-order valence-corrected chi connectivity index (χ0v) is 15.9. The molecule has 0 radical (unpaired) electrons. The molecule has 0 heterocycles. The van der Waals surface area contributed by atoms with Crippen LogP contribution in [0.25, 0.3) is 0 Å². The zero-order valence-electron chi connectivity index (χ0n) is 14.3. The van der Waals surface area contributed by atoms with Crippen molar-refractivity contribution in [2.45, 2.75) is 18.2 Å². The molecule has 26 heavy (non-hydrogen) atoms. The minimum Gasteiger partial charge on any atom is -0.493 e. The molecule has 0 aliphatic heterocycles. The third kappa shape index (κ3) is 5.10. The number of benzene rings is 2. The Morgan fingerprint density at radius 2 is 1.92 bits per heavy atom. The van der Waals surface area contributed by atoms with Crippen LogP contribution in [0.1, 0.15) is 23.7 Å². The predicted molar refractivity (Wildman–Crippen MR) is 98.0 cm³/mol. The van der Waals surface area contributed by atoms with E-state index in [2.05, 4.69) is 5.43 Å². The van der Waals surface area contributed by atoms with Crippen molar-refractivity contribution in [2.24, 2.45) is 0 Å². The fourth-order valence-electron chi connectivity index (χ4n) is 2.02. The number of carbonyl (C=O) groups is 1. The van der Waals surface area contributed by atoms with E-state index in [1.54, 1.807) is 12.1 Å². The first-order chi connectivity index (χ1) is 12.4. The molecule has 2 rings (SSSR count). The first-order valence-corrected chi connectivity index (χ1v) is 9.62. The van der Waals surface area contributed by atoms with E-state index in [1.807, 2.05) is 11.8 Å². The molecule has 0 fully saturated rings. The van der Waals surface area contributed by atoms with Crippen molar-refractivity contribution in [2.75, 3.05) is 13.7 Å². The number of halogens is 1. The van der Waals surface area contributed by atoms with E-state index in [-0.39, 0.29) is 15.5 Å². The van der Waals surface area contributed by atoms with Crippen LogP contribution in [-0.4, -0.2) is 28.0 Å². The van der Waals surface area contributed by atoms with Crippen molar-refractivity contribution in [3.8, 4) is 11.5 Å². The van der Waals surface area contributed by atoms with Gasteiger partial charge in [-0.05, 0) is 42.8 Å². The molecule has 7 nitrogen and oxygen atoms in total. The van der Waals surface area contributed by atoms with Crippen LogP contribution in [0.15, 0.2) is 47.4 Å². The molecule has 0 aromatic heterocycles. The summed E-state index contributed by atoms with van der Waals surface area (Å²) in [5, 5.41) is 0.270. The average molecular weight is 399 g/mol. The standard InChI is InChI=1S/C17H19ClN2O5S/c1-3-9-25-15-8-7-12(10-16(15)24-2)17(21)19-20-26(22,23)14-6-4-5-13(18)11-14/h4-8,10-11,20H,3,9H2,1-2H3,(H,19,21). The first kappa shape index (κ1) is 20.0. The molecule has 0 aliphatic carbocycles.